The van der Waals surface area contributed by atoms with Gasteiger partial charge in [-0.25, -0.2) is 0 Å². The molecule has 0 aromatic heterocycles. The third kappa shape index (κ3) is 6.75. The Morgan fingerprint density at radius 1 is 1.11 bits per heavy atom. The maximum atomic E-state index is 6.24. The van der Waals surface area contributed by atoms with Crippen LogP contribution in [0.4, 0.5) is 0 Å². The fraction of sp³-hybridized carbons (Fsp3) is 1.00. The molecule has 108 valence electrons. The van der Waals surface area contributed by atoms with Gasteiger partial charge in [-0.2, -0.15) is 0 Å². The topological polar surface area (TPSA) is 29.3 Å². The summed E-state index contributed by atoms with van der Waals surface area (Å²) in [5.74, 6) is 0. The molecule has 1 rings (SSSR count). The van der Waals surface area contributed by atoms with Crippen LogP contribution in [-0.2, 0) is 0 Å². The van der Waals surface area contributed by atoms with Crippen molar-refractivity contribution in [1.82, 2.24) is 4.90 Å². The van der Waals surface area contributed by atoms with E-state index in [1.54, 1.807) is 0 Å². The lowest BCUT2D eigenvalue weighted by Gasteiger charge is -2.29. The van der Waals surface area contributed by atoms with Gasteiger partial charge in [-0.1, -0.05) is 46.5 Å². The summed E-state index contributed by atoms with van der Waals surface area (Å²) in [5, 5.41) is 0. The smallest absolute Gasteiger partial charge is 0.00922 e. The number of hydrogen-bond donors (Lipinski definition) is 1. The van der Waals surface area contributed by atoms with Gasteiger partial charge >= 0.3 is 0 Å². The first-order valence-corrected chi connectivity index (χ1v) is 7.84. The first kappa shape index (κ1) is 16.0. The Morgan fingerprint density at radius 2 is 1.67 bits per heavy atom. The lowest BCUT2D eigenvalue weighted by molar-refractivity contribution is 0.206. The van der Waals surface area contributed by atoms with Crippen molar-refractivity contribution in [2.45, 2.75) is 84.2 Å². The molecule has 2 nitrogen and oxygen atoms in total. The summed E-state index contributed by atoms with van der Waals surface area (Å²) < 4.78 is 0. The van der Waals surface area contributed by atoms with Gasteiger partial charge in [-0.05, 0) is 44.7 Å². The summed E-state index contributed by atoms with van der Waals surface area (Å²) in [6.07, 6.45) is 10.8. The van der Waals surface area contributed by atoms with E-state index in [2.05, 4.69) is 32.7 Å². The molecule has 2 N–H and O–H groups in total. The van der Waals surface area contributed by atoms with Gasteiger partial charge in [0.05, 0.1) is 0 Å². The summed E-state index contributed by atoms with van der Waals surface area (Å²) in [7, 11) is 2.29. The van der Waals surface area contributed by atoms with Gasteiger partial charge in [0.2, 0.25) is 0 Å². The third-order valence-electron chi connectivity index (χ3n) is 4.18. The van der Waals surface area contributed by atoms with Crippen molar-refractivity contribution in [3.8, 4) is 0 Å². The van der Waals surface area contributed by atoms with Crippen LogP contribution in [0.5, 0.6) is 0 Å². The minimum atomic E-state index is 0.359. The Balaban J connectivity index is 2.24. The minimum Gasteiger partial charge on any atom is -0.328 e. The highest BCUT2D eigenvalue weighted by molar-refractivity contribution is 4.76. The fourth-order valence-electron chi connectivity index (χ4n) is 3.14. The molecule has 18 heavy (non-hydrogen) atoms. The van der Waals surface area contributed by atoms with E-state index in [-0.39, 0.29) is 0 Å². The van der Waals surface area contributed by atoms with Gasteiger partial charge in [0.15, 0.2) is 0 Å². The first-order valence-electron chi connectivity index (χ1n) is 7.84. The molecule has 0 amide bonds. The quantitative estimate of drug-likeness (QED) is 0.756. The van der Waals surface area contributed by atoms with Gasteiger partial charge in [0.25, 0.3) is 0 Å². The Morgan fingerprint density at radius 3 is 2.17 bits per heavy atom. The van der Waals surface area contributed by atoms with Crippen LogP contribution in [0.25, 0.3) is 0 Å². The highest BCUT2D eigenvalue weighted by Gasteiger charge is 2.19. The molecule has 1 saturated carbocycles. The summed E-state index contributed by atoms with van der Waals surface area (Å²) in [5.41, 5.74) is 6.60. The van der Waals surface area contributed by atoms with E-state index in [0.29, 0.717) is 11.5 Å². The lowest BCUT2D eigenvalue weighted by Crippen LogP contribution is -2.36. The van der Waals surface area contributed by atoms with Crippen molar-refractivity contribution in [2.24, 2.45) is 11.1 Å². The van der Waals surface area contributed by atoms with Crippen molar-refractivity contribution in [2.75, 3.05) is 13.6 Å². The molecule has 0 aromatic rings. The molecule has 1 aliphatic rings. The van der Waals surface area contributed by atoms with Gasteiger partial charge < -0.3 is 10.6 Å². The van der Waals surface area contributed by atoms with Crippen molar-refractivity contribution in [1.29, 1.82) is 0 Å². The van der Waals surface area contributed by atoms with Crippen molar-refractivity contribution in [3.63, 3.8) is 0 Å². The van der Waals surface area contributed by atoms with Crippen LogP contribution in [0.2, 0.25) is 0 Å². The molecular formula is C16H34N2. The summed E-state index contributed by atoms with van der Waals surface area (Å²) in [4.78, 5) is 2.56. The second-order valence-electron chi connectivity index (χ2n) is 7.44. The van der Waals surface area contributed by atoms with Crippen LogP contribution in [-0.4, -0.2) is 30.6 Å². The van der Waals surface area contributed by atoms with E-state index in [9.17, 15) is 0 Å². The molecule has 2 heteroatoms. The zero-order valence-electron chi connectivity index (χ0n) is 13.0. The molecule has 1 unspecified atom stereocenters. The van der Waals surface area contributed by atoms with Crippen molar-refractivity contribution >= 4 is 0 Å². The molecule has 0 bridgehead atoms. The predicted octanol–water partition coefficient (Wildman–Crippen LogP) is 3.79. The molecule has 0 aliphatic heterocycles. The van der Waals surface area contributed by atoms with E-state index in [1.165, 1.54) is 45.1 Å². The molecule has 1 aliphatic carbocycles. The van der Waals surface area contributed by atoms with Gasteiger partial charge in [-0.15, -0.1) is 0 Å². The largest absolute Gasteiger partial charge is 0.328 e. The van der Waals surface area contributed by atoms with Crippen LogP contribution in [0.15, 0.2) is 0 Å². The highest BCUT2D eigenvalue weighted by atomic mass is 15.1. The maximum absolute atomic E-state index is 6.24. The SMILES string of the molecule is CN(CCC(N)CC(C)(C)C)C1CCCCCC1. The molecule has 0 spiro atoms. The molecule has 1 atom stereocenters. The lowest BCUT2D eigenvalue weighted by atomic mass is 9.87. The Bertz CT molecular complexity index is 212. The normalized spacial score (nSPS) is 21.0. The van der Waals surface area contributed by atoms with Crippen LogP contribution in [0.1, 0.15) is 72.1 Å². The average molecular weight is 254 g/mol. The summed E-state index contributed by atoms with van der Waals surface area (Å²) in [6.45, 7) is 8.01. The molecule has 0 heterocycles. The van der Waals surface area contributed by atoms with Crippen molar-refractivity contribution < 1.29 is 0 Å². The van der Waals surface area contributed by atoms with Crippen molar-refractivity contribution in [3.05, 3.63) is 0 Å². The minimum absolute atomic E-state index is 0.359. The number of nitrogens with two attached hydrogens (primary N) is 1. The van der Waals surface area contributed by atoms with Gasteiger partial charge in [0, 0.05) is 12.1 Å². The summed E-state index contributed by atoms with van der Waals surface area (Å²) >= 11 is 0. The second kappa shape index (κ2) is 7.49. The average Bonchev–Trinajstić information content (AvgIpc) is 2.52. The Labute approximate surface area is 114 Å². The number of nitrogens with zero attached hydrogens (tertiary/aromatic N) is 1. The molecular weight excluding hydrogens is 220 g/mol. The molecule has 1 fully saturated rings. The maximum Gasteiger partial charge on any atom is 0.00922 e. The van der Waals surface area contributed by atoms with E-state index in [0.717, 1.165) is 18.9 Å². The van der Waals surface area contributed by atoms with E-state index in [4.69, 9.17) is 5.73 Å². The predicted molar refractivity (Wildman–Crippen MR) is 80.8 cm³/mol. The number of rotatable bonds is 5. The molecule has 0 aromatic carbocycles. The second-order valence-corrected chi connectivity index (χ2v) is 7.44. The van der Waals surface area contributed by atoms with Gasteiger partial charge in [-0.3, -0.25) is 0 Å². The Hall–Kier alpha value is -0.0800. The third-order valence-corrected chi connectivity index (χ3v) is 4.18. The van der Waals surface area contributed by atoms with Crippen LogP contribution >= 0.6 is 0 Å². The summed E-state index contributed by atoms with van der Waals surface area (Å²) in [6, 6.07) is 1.17. The first-order chi connectivity index (χ1) is 8.38. The van der Waals surface area contributed by atoms with E-state index < -0.39 is 0 Å². The fourth-order valence-corrected chi connectivity index (χ4v) is 3.14. The van der Waals surface area contributed by atoms with Gasteiger partial charge in [0.1, 0.15) is 0 Å². The Kier molecular flexibility index (Phi) is 6.65. The number of hydrogen-bond acceptors (Lipinski definition) is 2. The van der Waals surface area contributed by atoms with E-state index >= 15 is 0 Å². The highest BCUT2D eigenvalue weighted by Crippen LogP contribution is 2.23. The van der Waals surface area contributed by atoms with E-state index in [1.807, 2.05) is 0 Å². The zero-order chi connectivity index (χ0) is 13.6. The molecule has 0 radical (unpaired) electrons. The van der Waals surface area contributed by atoms with Crippen LogP contribution in [0.3, 0.4) is 0 Å². The van der Waals surface area contributed by atoms with Crippen LogP contribution < -0.4 is 5.73 Å². The molecule has 0 saturated heterocycles. The zero-order valence-corrected chi connectivity index (χ0v) is 13.0. The van der Waals surface area contributed by atoms with Crippen LogP contribution in [0, 0.1) is 5.41 Å². The monoisotopic (exact) mass is 254 g/mol. The standard InChI is InChI=1S/C16H34N2/c1-16(2,3)13-14(17)11-12-18(4)15-9-7-5-6-8-10-15/h14-15H,5-13,17H2,1-4H3.